The minimum atomic E-state index is -3.05. The van der Waals surface area contributed by atoms with Crippen molar-refractivity contribution in [2.75, 3.05) is 19.6 Å². The quantitative estimate of drug-likeness (QED) is 0.670. The van der Waals surface area contributed by atoms with Crippen LogP contribution >= 0.6 is 0 Å². The molecule has 0 spiro atoms. The number of rotatable bonds is 6. The Morgan fingerprint density at radius 2 is 1.80 bits per heavy atom. The number of hydrogen-bond acceptors (Lipinski definition) is 3. The topological polar surface area (TPSA) is 58.2 Å². The molecule has 0 aromatic carbocycles. The molecule has 4 nitrogen and oxygen atoms in total. The van der Waals surface area contributed by atoms with Gasteiger partial charge in [-0.2, -0.15) is 0 Å². The second-order valence-electron chi connectivity index (χ2n) is 4.05. The van der Waals surface area contributed by atoms with Crippen LogP contribution in [0.2, 0.25) is 0 Å². The first kappa shape index (κ1) is 12.9. The number of hydrogen-bond donors (Lipinski definition) is 2. The molecule has 1 fully saturated rings. The van der Waals surface area contributed by atoms with Gasteiger partial charge in [-0.1, -0.05) is 26.2 Å². The van der Waals surface area contributed by atoms with Crippen molar-refractivity contribution >= 4 is 10.0 Å². The standard InChI is InChI=1S/C10H22N2O2S/c1-2-11-8-9-12-15(13,14)10-6-4-3-5-7-10/h10-12H,2-9H2,1H3. The molecule has 0 amide bonds. The van der Waals surface area contributed by atoms with Crippen molar-refractivity contribution in [1.82, 2.24) is 10.0 Å². The molecule has 0 heterocycles. The molecule has 15 heavy (non-hydrogen) atoms. The summed E-state index contributed by atoms with van der Waals surface area (Å²) in [6.45, 7) is 4.11. The first-order chi connectivity index (χ1) is 7.17. The van der Waals surface area contributed by atoms with E-state index in [4.69, 9.17) is 0 Å². The number of sulfonamides is 1. The fourth-order valence-corrected chi connectivity index (χ4v) is 3.53. The molecule has 5 heteroatoms. The molecule has 0 atom stereocenters. The molecular formula is C10H22N2O2S. The molecule has 0 bridgehead atoms. The van der Waals surface area contributed by atoms with Crippen LogP contribution in [0.3, 0.4) is 0 Å². The minimum absolute atomic E-state index is 0.145. The monoisotopic (exact) mass is 234 g/mol. The lowest BCUT2D eigenvalue weighted by atomic mass is 10.0. The van der Waals surface area contributed by atoms with Crippen molar-refractivity contribution in [3.05, 3.63) is 0 Å². The van der Waals surface area contributed by atoms with Gasteiger partial charge in [0, 0.05) is 13.1 Å². The maximum atomic E-state index is 11.8. The molecule has 0 radical (unpaired) electrons. The zero-order valence-electron chi connectivity index (χ0n) is 9.46. The van der Waals surface area contributed by atoms with Crippen LogP contribution in [0.1, 0.15) is 39.0 Å². The molecular weight excluding hydrogens is 212 g/mol. The van der Waals surface area contributed by atoms with Gasteiger partial charge in [0.15, 0.2) is 0 Å². The Hall–Kier alpha value is -0.130. The highest BCUT2D eigenvalue weighted by Crippen LogP contribution is 2.22. The van der Waals surface area contributed by atoms with Gasteiger partial charge in [0.05, 0.1) is 5.25 Å². The van der Waals surface area contributed by atoms with Crippen LogP contribution < -0.4 is 10.0 Å². The second kappa shape index (κ2) is 6.45. The highest BCUT2D eigenvalue weighted by Gasteiger charge is 2.26. The SMILES string of the molecule is CCNCCNS(=O)(=O)C1CCCCC1. The van der Waals surface area contributed by atoms with Crippen LogP contribution in [0.5, 0.6) is 0 Å². The summed E-state index contributed by atoms with van der Waals surface area (Å²) in [5.74, 6) is 0. The van der Waals surface area contributed by atoms with E-state index in [-0.39, 0.29) is 5.25 Å². The Balaban J connectivity index is 2.30. The zero-order valence-corrected chi connectivity index (χ0v) is 10.3. The molecule has 1 aliphatic rings. The fourth-order valence-electron chi connectivity index (χ4n) is 1.95. The third-order valence-corrected chi connectivity index (χ3v) is 4.80. The normalized spacial score (nSPS) is 19.3. The van der Waals surface area contributed by atoms with Crippen molar-refractivity contribution in [1.29, 1.82) is 0 Å². The van der Waals surface area contributed by atoms with E-state index in [0.29, 0.717) is 13.1 Å². The van der Waals surface area contributed by atoms with Crippen LogP contribution in [-0.2, 0) is 10.0 Å². The maximum Gasteiger partial charge on any atom is 0.214 e. The lowest BCUT2D eigenvalue weighted by molar-refractivity contribution is 0.477. The predicted molar refractivity (Wildman–Crippen MR) is 62.3 cm³/mol. The van der Waals surface area contributed by atoms with Crippen LogP contribution in [-0.4, -0.2) is 33.3 Å². The van der Waals surface area contributed by atoms with Gasteiger partial charge < -0.3 is 5.32 Å². The first-order valence-corrected chi connectivity index (χ1v) is 7.40. The van der Waals surface area contributed by atoms with E-state index < -0.39 is 10.0 Å². The lowest BCUT2D eigenvalue weighted by Crippen LogP contribution is -2.39. The van der Waals surface area contributed by atoms with Crippen LogP contribution in [0.25, 0.3) is 0 Å². The van der Waals surface area contributed by atoms with Crippen molar-refractivity contribution in [2.45, 2.75) is 44.3 Å². The summed E-state index contributed by atoms with van der Waals surface area (Å²) in [5, 5.41) is 2.95. The molecule has 0 aliphatic heterocycles. The fraction of sp³-hybridized carbons (Fsp3) is 1.00. The third-order valence-electron chi connectivity index (χ3n) is 2.85. The molecule has 0 aromatic rings. The molecule has 2 N–H and O–H groups in total. The minimum Gasteiger partial charge on any atom is -0.316 e. The summed E-state index contributed by atoms with van der Waals surface area (Å²) in [7, 11) is -3.05. The van der Waals surface area contributed by atoms with Gasteiger partial charge in [0.1, 0.15) is 0 Å². The molecule has 90 valence electrons. The summed E-state index contributed by atoms with van der Waals surface area (Å²) in [6.07, 6.45) is 4.95. The molecule has 0 saturated heterocycles. The number of nitrogens with one attached hydrogen (secondary N) is 2. The van der Waals surface area contributed by atoms with Crippen LogP contribution in [0.15, 0.2) is 0 Å². The van der Waals surface area contributed by atoms with Gasteiger partial charge >= 0.3 is 0 Å². The largest absolute Gasteiger partial charge is 0.316 e. The first-order valence-electron chi connectivity index (χ1n) is 5.86. The highest BCUT2D eigenvalue weighted by molar-refractivity contribution is 7.90. The van der Waals surface area contributed by atoms with E-state index in [2.05, 4.69) is 10.0 Å². The van der Waals surface area contributed by atoms with Crippen LogP contribution in [0, 0.1) is 0 Å². The summed E-state index contributed by atoms with van der Waals surface area (Å²) in [5.41, 5.74) is 0. The third kappa shape index (κ3) is 4.49. The average molecular weight is 234 g/mol. The Bertz CT molecular complexity index is 259. The van der Waals surface area contributed by atoms with Crippen molar-refractivity contribution in [2.24, 2.45) is 0 Å². The van der Waals surface area contributed by atoms with Gasteiger partial charge in [-0.25, -0.2) is 13.1 Å². The van der Waals surface area contributed by atoms with E-state index >= 15 is 0 Å². The van der Waals surface area contributed by atoms with E-state index in [0.717, 1.165) is 32.2 Å². The van der Waals surface area contributed by atoms with Gasteiger partial charge in [0.25, 0.3) is 0 Å². The summed E-state index contributed by atoms with van der Waals surface area (Å²) >= 11 is 0. The Kier molecular flexibility index (Phi) is 5.56. The van der Waals surface area contributed by atoms with Crippen molar-refractivity contribution < 1.29 is 8.42 Å². The molecule has 1 rings (SSSR count). The molecule has 0 aromatic heterocycles. The Morgan fingerprint density at radius 3 is 2.40 bits per heavy atom. The summed E-state index contributed by atoms with van der Waals surface area (Å²) < 4.78 is 26.3. The zero-order chi connectivity index (χ0) is 11.1. The van der Waals surface area contributed by atoms with Crippen molar-refractivity contribution in [3.8, 4) is 0 Å². The molecule has 0 unspecified atom stereocenters. The van der Waals surface area contributed by atoms with Gasteiger partial charge in [-0.15, -0.1) is 0 Å². The van der Waals surface area contributed by atoms with E-state index in [1.54, 1.807) is 0 Å². The van der Waals surface area contributed by atoms with E-state index in [1.165, 1.54) is 6.42 Å². The number of likely N-dealkylation sites (N-methyl/N-ethyl adjacent to an activating group) is 1. The predicted octanol–water partition coefficient (Wildman–Crippen LogP) is 0.848. The Morgan fingerprint density at radius 1 is 1.13 bits per heavy atom. The van der Waals surface area contributed by atoms with Crippen LogP contribution in [0.4, 0.5) is 0 Å². The van der Waals surface area contributed by atoms with Gasteiger partial charge in [-0.3, -0.25) is 0 Å². The maximum absolute atomic E-state index is 11.8. The van der Waals surface area contributed by atoms with Gasteiger partial charge in [-0.05, 0) is 19.4 Å². The average Bonchev–Trinajstić information content (AvgIpc) is 2.26. The van der Waals surface area contributed by atoms with Crippen molar-refractivity contribution in [3.63, 3.8) is 0 Å². The van der Waals surface area contributed by atoms with E-state index in [1.807, 2.05) is 6.92 Å². The second-order valence-corrected chi connectivity index (χ2v) is 6.10. The highest BCUT2D eigenvalue weighted by atomic mass is 32.2. The van der Waals surface area contributed by atoms with Gasteiger partial charge in [0.2, 0.25) is 10.0 Å². The molecule has 1 saturated carbocycles. The summed E-state index contributed by atoms with van der Waals surface area (Å²) in [4.78, 5) is 0. The lowest BCUT2D eigenvalue weighted by Gasteiger charge is -2.21. The summed E-state index contributed by atoms with van der Waals surface area (Å²) in [6, 6.07) is 0. The smallest absolute Gasteiger partial charge is 0.214 e. The molecule has 1 aliphatic carbocycles. The Labute approximate surface area is 92.9 Å². The van der Waals surface area contributed by atoms with E-state index in [9.17, 15) is 8.42 Å².